The fourth-order valence-corrected chi connectivity index (χ4v) is 2.62. The third-order valence-corrected chi connectivity index (χ3v) is 3.75. The van der Waals surface area contributed by atoms with Crippen molar-refractivity contribution in [2.75, 3.05) is 7.05 Å². The number of halogens is 2. The molecular formula is C15H16BrFN2. The summed E-state index contributed by atoms with van der Waals surface area (Å²) >= 11 is 3.39. The lowest BCUT2D eigenvalue weighted by atomic mass is 9.91. The Kier molecular flexibility index (Phi) is 4.66. The highest BCUT2D eigenvalue weighted by atomic mass is 79.9. The smallest absolute Gasteiger partial charge is 0.128 e. The van der Waals surface area contributed by atoms with Gasteiger partial charge in [0, 0.05) is 33.9 Å². The first-order valence-electron chi connectivity index (χ1n) is 6.16. The van der Waals surface area contributed by atoms with Gasteiger partial charge in [-0.25, -0.2) is 4.39 Å². The Balaban J connectivity index is 2.37. The summed E-state index contributed by atoms with van der Waals surface area (Å²) in [6, 6.07) is 10.7. The number of aromatic nitrogens is 1. The molecule has 2 unspecified atom stereocenters. The molecule has 2 rings (SSSR count). The largest absolute Gasteiger partial charge is 0.312 e. The van der Waals surface area contributed by atoms with Gasteiger partial charge in [0.25, 0.3) is 0 Å². The second kappa shape index (κ2) is 6.26. The predicted octanol–water partition coefficient (Wildman–Crippen LogP) is 4.05. The first-order valence-corrected chi connectivity index (χ1v) is 6.96. The molecule has 2 nitrogen and oxygen atoms in total. The number of rotatable bonds is 4. The van der Waals surface area contributed by atoms with E-state index in [4.69, 9.17) is 0 Å². The summed E-state index contributed by atoms with van der Waals surface area (Å²) in [5.74, 6) is -0.125. The van der Waals surface area contributed by atoms with Crippen molar-refractivity contribution in [1.82, 2.24) is 10.3 Å². The fraction of sp³-hybridized carbons (Fsp3) is 0.267. The summed E-state index contributed by atoms with van der Waals surface area (Å²) in [5, 5.41) is 3.18. The van der Waals surface area contributed by atoms with Crippen LogP contribution in [0.5, 0.6) is 0 Å². The summed E-state index contributed by atoms with van der Waals surface area (Å²) in [6.07, 6.45) is 1.76. The molecule has 0 aliphatic carbocycles. The summed E-state index contributed by atoms with van der Waals surface area (Å²) in [6.45, 7) is 2.05. The van der Waals surface area contributed by atoms with Crippen LogP contribution in [0.3, 0.4) is 0 Å². The molecule has 0 radical (unpaired) electrons. The Hall–Kier alpha value is -1.26. The van der Waals surface area contributed by atoms with E-state index in [0.717, 1.165) is 10.2 Å². The van der Waals surface area contributed by atoms with E-state index in [2.05, 4.69) is 26.2 Å². The molecule has 0 spiro atoms. The van der Waals surface area contributed by atoms with Crippen LogP contribution in [0.25, 0.3) is 0 Å². The van der Waals surface area contributed by atoms with E-state index in [1.807, 2.05) is 38.2 Å². The average Bonchev–Trinajstić information content (AvgIpc) is 2.44. The van der Waals surface area contributed by atoms with Gasteiger partial charge in [0.2, 0.25) is 0 Å². The van der Waals surface area contributed by atoms with Crippen LogP contribution in [-0.4, -0.2) is 12.0 Å². The Bertz CT molecular complexity index is 545. The Labute approximate surface area is 121 Å². The first-order chi connectivity index (χ1) is 9.13. The topological polar surface area (TPSA) is 24.9 Å². The molecule has 1 aromatic heterocycles. The van der Waals surface area contributed by atoms with E-state index < -0.39 is 0 Å². The average molecular weight is 323 g/mol. The molecule has 1 N–H and O–H groups in total. The second-order valence-corrected chi connectivity index (χ2v) is 5.39. The van der Waals surface area contributed by atoms with Gasteiger partial charge in [-0.2, -0.15) is 0 Å². The molecule has 1 aromatic carbocycles. The molecule has 19 heavy (non-hydrogen) atoms. The maximum Gasteiger partial charge on any atom is 0.128 e. The lowest BCUT2D eigenvalue weighted by molar-refractivity contribution is 0.471. The number of nitrogens with one attached hydrogen (secondary N) is 1. The summed E-state index contributed by atoms with van der Waals surface area (Å²) in [5.41, 5.74) is 1.59. The van der Waals surface area contributed by atoms with Gasteiger partial charge in [-0.3, -0.25) is 4.98 Å². The van der Waals surface area contributed by atoms with Crippen LogP contribution in [0.2, 0.25) is 0 Å². The Morgan fingerprint density at radius 2 is 2.05 bits per heavy atom. The minimum absolute atomic E-state index is 0.0787. The minimum Gasteiger partial charge on any atom is -0.312 e. The quantitative estimate of drug-likeness (QED) is 0.918. The van der Waals surface area contributed by atoms with Gasteiger partial charge in [0.1, 0.15) is 5.82 Å². The molecular weight excluding hydrogens is 307 g/mol. The van der Waals surface area contributed by atoms with Crippen molar-refractivity contribution < 1.29 is 4.39 Å². The zero-order valence-electron chi connectivity index (χ0n) is 10.9. The molecule has 2 atom stereocenters. The van der Waals surface area contributed by atoms with E-state index in [-0.39, 0.29) is 17.8 Å². The van der Waals surface area contributed by atoms with Crippen LogP contribution < -0.4 is 5.32 Å². The summed E-state index contributed by atoms with van der Waals surface area (Å²) < 4.78 is 14.9. The molecule has 0 aliphatic rings. The van der Waals surface area contributed by atoms with E-state index in [0.29, 0.717) is 5.56 Å². The Morgan fingerprint density at radius 3 is 2.68 bits per heavy atom. The van der Waals surface area contributed by atoms with Crippen molar-refractivity contribution in [2.45, 2.75) is 18.9 Å². The maximum absolute atomic E-state index is 14.0. The first kappa shape index (κ1) is 14.2. The maximum atomic E-state index is 14.0. The molecule has 2 aromatic rings. The zero-order chi connectivity index (χ0) is 13.8. The lowest BCUT2D eigenvalue weighted by Crippen LogP contribution is -2.24. The highest BCUT2D eigenvalue weighted by molar-refractivity contribution is 9.10. The molecule has 0 fully saturated rings. The monoisotopic (exact) mass is 322 g/mol. The van der Waals surface area contributed by atoms with Gasteiger partial charge >= 0.3 is 0 Å². The number of benzene rings is 1. The molecule has 100 valence electrons. The van der Waals surface area contributed by atoms with Crippen molar-refractivity contribution in [1.29, 1.82) is 0 Å². The van der Waals surface area contributed by atoms with Gasteiger partial charge in [-0.1, -0.05) is 28.9 Å². The van der Waals surface area contributed by atoms with Crippen molar-refractivity contribution in [3.05, 3.63) is 64.1 Å². The van der Waals surface area contributed by atoms with Crippen LogP contribution in [0.1, 0.15) is 30.1 Å². The van der Waals surface area contributed by atoms with Crippen LogP contribution in [0.15, 0.2) is 47.1 Å². The van der Waals surface area contributed by atoms with Gasteiger partial charge in [0.15, 0.2) is 0 Å². The SMILES string of the molecule is CNC(c1cc(Br)ccc1F)C(C)c1ccccn1. The van der Waals surface area contributed by atoms with Crippen molar-refractivity contribution in [3.8, 4) is 0 Å². The van der Waals surface area contributed by atoms with Crippen LogP contribution in [0.4, 0.5) is 4.39 Å². The summed E-state index contributed by atoms with van der Waals surface area (Å²) in [7, 11) is 1.84. The number of pyridine rings is 1. The third kappa shape index (κ3) is 3.19. The summed E-state index contributed by atoms with van der Waals surface area (Å²) in [4.78, 5) is 4.35. The second-order valence-electron chi connectivity index (χ2n) is 4.48. The number of likely N-dealkylation sites (N-methyl/N-ethyl adjacent to an activating group) is 1. The van der Waals surface area contributed by atoms with Crippen molar-refractivity contribution in [2.24, 2.45) is 0 Å². The molecule has 0 bridgehead atoms. The molecule has 1 heterocycles. The van der Waals surface area contributed by atoms with E-state index in [1.54, 1.807) is 12.3 Å². The molecule has 4 heteroatoms. The van der Waals surface area contributed by atoms with E-state index in [9.17, 15) is 4.39 Å². The highest BCUT2D eigenvalue weighted by Gasteiger charge is 2.23. The van der Waals surface area contributed by atoms with Crippen molar-refractivity contribution in [3.63, 3.8) is 0 Å². The van der Waals surface area contributed by atoms with Gasteiger partial charge in [-0.15, -0.1) is 0 Å². The lowest BCUT2D eigenvalue weighted by Gasteiger charge is -2.24. The van der Waals surface area contributed by atoms with Crippen molar-refractivity contribution >= 4 is 15.9 Å². The van der Waals surface area contributed by atoms with Gasteiger partial charge < -0.3 is 5.32 Å². The molecule has 0 aliphatic heterocycles. The standard InChI is InChI=1S/C15H16BrFN2/c1-10(14-5-3-4-8-19-14)15(18-2)12-9-11(16)6-7-13(12)17/h3-10,15,18H,1-2H3. The van der Waals surface area contributed by atoms with Crippen LogP contribution in [-0.2, 0) is 0 Å². The van der Waals surface area contributed by atoms with Crippen LogP contribution in [0, 0.1) is 5.82 Å². The number of hydrogen-bond donors (Lipinski definition) is 1. The zero-order valence-corrected chi connectivity index (χ0v) is 12.5. The van der Waals surface area contributed by atoms with E-state index in [1.165, 1.54) is 6.07 Å². The highest BCUT2D eigenvalue weighted by Crippen LogP contribution is 2.32. The number of hydrogen-bond acceptors (Lipinski definition) is 2. The normalized spacial score (nSPS) is 14.1. The van der Waals surface area contributed by atoms with E-state index >= 15 is 0 Å². The predicted molar refractivity (Wildman–Crippen MR) is 78.6 cm³/mol. The number of nitrogens with zero attached hydrogens (tertiary/aromatic N) is 1. The van der Waals surface area contributed by atoms with Gasteiger partial charge in [0.05, 0.1) is 0 Å². The minimum atomic E-state index is -0.203. The van der Waals surface area contributed by atoms with Gasteiger partial charge in [-0.05, 0) is 37.4 Å². The molecule has 0 saturated carbocycles. The Morgan fingerprint density at radius 1 is 1.26 bits per heavy atom. The molecule has 0 saturated heterocycles. The third-order valence-electron chi connectivity index (χ3n) is 3.26. The van der Waals surface area contributed by atoms with Crippen LogP contribution >= 0.6 is 15.9 Å². The molecule has 0 amide bonds. The fourth-order valence-electron chi connectivity index (χ4n) is 2.24.